The lowest BCUT2D eigenvalue weighted by atomic mass is 10.0. The fourth-order valence-corrected chi connectivity index (χ4v) is 5.01. The Labute approximate surface area is 164 Å². The molecule has 0 bridgehead atoms. The summed E-state index contributed by atoms with van der Waals surface area (Å²) in [6.07, 6.45) is 9.38. The zero-order chi connectivity index (χ0) is 18.8. The summed E-state index contributed by atoms with van der Waals surface area (Å²) in [5.74, 6) is 0.202. The van der Waals surface area contributed by atoms with E-state index < -0.39 is 4.92 Å². The van der Waals surface area contributed by atoms with Gasteiger partial charge >= 0.3 is 0 Å². The number of amides is 1. The molecule has 1 aliphatic carbocycles. The van der Waals surface area contributed by atoms with Crippen LogP contribution in [0.3, 0.4) is 0 Å². The second-order valence-corrected chi connectivity index (χ2v) is 8.19. The predicted octanol–water partition coefficient (Wildman–Crippen LogP) is 4.08. The maximum absolute atomic E-state index is 13.1. The zero-order valence-electron chi connectivity index (χ0n) is 14.1. The van der Waals surface area contributed by atoms with Crippen LogP contribution in [-0.4, -0.2) is 32.9 Å². The van der Waals surface area contributed by atoms with Crippen LogP contribution in [0.2, 0.25) is 0 Å². The van der Waals surface area contributed by atoms with Crippen molar-refractivity contribution in [2.24, 2.45) is 0 Å². The van der Waals surface area contributed by atoms with Crippen LogP contribution in [-0.2, 0) is 4.79 Å². The van der Waals surface area contributed by atoms with Crippen LogP contribution in [0, 0.1) is 10.1 Å². The number of pyridine rings is 1. The lowest BCUT2D eigenvalue weighted by Crippen LogP contribution is -2.48. The van der Waals surface area contributed by atoms with Gasteiger partial charge in [0.25, 0.3) is 5.69 Å². The van der Waals surface area contributed by atoms with Crippen molar-refractivity contribution in [2.45, 2.75) is 21.2 Å². The van der Waals surface area contributed by atoms with E-state index >= 15 is 0 Å². The lowest BCUT2D eigenvalue weighted by Gasteiger charge is -2.40. The summed E-state index contributed by atoms with van der Waals surface area (Å²) in [5, 5.41) is 11.5. The number of anilines is 1. The number of thioether (sulfide) groups is 2. The van der Waals surface area contributed by atoms with Crippen LogP contribution in [0.4, 0.5) is 11.4 Å². The van der Waals surface area contributed by atoms with Gasteiger partial charge in [0.1, 0.15) is 6.20 Å². The summed E-state index contributed by atoms with van der Waals surface area (Å²) in [7, 11) is 0. The third-order valence-corrected chi connectivity index (χ3v) is 6.52. The fourth-order valence-electron chi connectivity index (χ4n) is 3.05. The molecule has 1 aliphatic heterocycles. The highest BCUT2D eigenvalue weighted by atomic mass is 32.2. The first-order chi connectivity index (χ1) is 13.1. The lowest BCUT2D eigenvalue weighted by molar-refractivity contribution is -0.385. The van der Waals surface area contributed by atoms with E-state index in [2.05, 4.69) is 17.1 Å². The summed E-state index contributed by atoms with van der Waals surface area (Å²) in [5.41, 5.74) is 0.862. The molecule has 0 fully saturated rings. The van der Waals surface area contributed by atoms with Gasteiger partial charge < -0.3 is 4.90 Å². The Morgan fingerprint density at radius 2 is 2.04 bits per heavy atom. The summed E-state index contributed by atoms with van der Waals surface area (Å²) in [6.45, 7) is 0. The molecule has 4 rings (SSSR count). The predicted molar refractivity (Wildman–Crippen MR) is 107 cm³/mol. The van der Waals surface area contributed by atoms with Gasteiger partial charge in [-0.1, -0.05) is 48.2 Å². The van der Waals surface area contributed by atoms with Crippen LogP contribution in [0.1, 0.15) is 0 Å². The zero-order valence-corrected chi connectivity index (χ0v) is 15.7. The van der Waals surface area contributed by atoms with Crippen molar-refractivity contribution in [3.8, 4) is 0 Å². The molecule has 2 heterocycles. The minimum absolute atomic E-state index is 0.0112. The van der Waals surface area contributed by atoms with E-state index in [9.17, 15) is 14.9 Å². The smallest absolute Gasteiger partial charge is 0.287 e. The van der Waals surface area contributed by atoms with Crippen molar-refractivity contribution in [2.75, 3.05) is 10.7 Å². The van der Waals surface area contributed by atoms with E-state index in [-0.39, 0.29) is 28.6 Å². The normalized spacial score (nSPS) is 20.1. The van der Waals surface area contributed by atoms with E-state index in [0.717, 1.165) is 10.6 Å². The highest BCUT2D eigenvalue weighted by Gasteiger charge is 2.36. The van der Waals surface area contributed by atoms with Crippen LogP contribution in [0.25, 0.3) is 0 Å². The molecule has 1 amide bonds. The molecule has 0 saturated heterocycles. The molecule has 0 N–H and O–H groups in total. The Kier molecular flexibility index (Phi) is 5.00. The van der Waals surface area contributed by atoms with E-state index in [4.69, 9.17) is 0 Å². The van der Waals surface area contributed by atoms with Crippen LogP contribution < -0.4 is 4.90 Å². The van der Waals surface area contributed by atoms with Gasteiger partial charge in [0.15, 0.2) is 0 Å². The number of carbonyl (C=O) groups excluding carboxylic acids is 1. The Balaban J connectivity index is 1.54. The number of carbonyl (C=O) groups is 1. The van der Waals surface area contributed by atoms with Crippen LogP contribution >= 0.6 is 23.5 Å². The molecule has 6 nitrogen and oxygen atoms in total. The molecule has 8 heteroatoms. The Morgan fingerprint density at radius 3 is 2.81 bits per heavy atom. The highest BCUT2D eigenvalue weighted by molar-refractivity contribution is 8.00. The fraction of sp³-hybridized carbons (Fsp3) is 0.158. The second-order valence-electron chi connectivity index (χ2n) is 5.97. The molecule has 0 spiro atoms. The van der Waals surface area contributed by atoms with Gasteiger partial charge in [-0.05, 0) is 18.2 Å². The summed E-state index contributed by atoms with van der Waals surface area (Å²) < 4.78 is 0. The maximum Gasteiger partial charge on any atom is 0.287 e. The number of rotatable bonds is 4. The van der Waals surface area contributed by atoms with Gasteiger partial charge in [0.2, 0.25) is 5.91 Å². The third-order valence-electron chi connectivity index (χ3n) is 4.29. The largest absolute Gasteiger partial charge is 0.302 e. The molecule has 27 heavy (non-hydrogen) atoms. The molecule has 2 aliphatic rings. The third kappa shape index (κ3) is 3.63. The second kappa shape index (κ2) is 7.58. The first kappa shape index (κ1) is 17.8. The molecule has 0 unspecified atom stereocenters. The van der Waals surface area contributed by atoms with Crippen molar-refractivity contribution >= 4 is 40.8 Å². The van der Waals surface area contributed by atoms with Gasteiger partial charge in [-0.15, -0.1) is 11.8 Å². The van der Waals surface area contributed by atoms with Gasteiger partial charge in [-0.2, -0.15) is 0 Å². The molecule has 0 radical (unpaired) electrons. The minimum atomic E-state index is -0.488. The molecule has 1 aromatic carbocycles. The van der Waals surface area contributed by atoms with Gasteiger partial charge in [-0.25, -0.2) is 4.98 Å². The Bertz CT molecular complexity index is 943. The molecule has 0 saturated carbocycles. The average molecular weight is 397 g/mol. The monoisotopic (exact) mass is 397 g/mol. The Morgan fingerprint density at radius 1 is 1.22 bits per heavy atom. The van der Waals surface area contributed by atoms with E-state index in [0.29, 0.717) is 5.03 Å². The number of benzene rings is 1. The van der Waals surface area contributed by atoms with E-state index in [1.807, 2.05) is 41.3 Å². The van der Waals surface area contributed by atoms with Crippen LogP contribution in [0.5, 0.6) is 0 Å². The van der Waals surface area contributed by atoms with Gasteiger partial charge in [0, 0.05) is 11.0 Å². The molecule has 136 valence electrons. The van der Waals surface area contributed by atoms with Gasteiger partial charge in [-0.3, -0.25) is 14.9 Å². The summed E-state index contributed by atoms with van der Waals surface area (Å²) in [6, 6.07) is 10.9. The quantitative estimate of drug-likeness (QED) is 0.439. The topological polar surface area (TPSA) is 76.3 Å². The standard InChI is InChI=1S/C19H15N3O3S2/c23-19(12-26-18-10-9-13(11-20-18)22(24)25)21-14-5-1-3-7-16(14)27-17-8-4-2-6-15(17)21/h1-11,14,16H,12H2/t14-,16+/m1/s1. The number of hydrogen-bond donors (Lipinski definition) is 0. The molecular weight excluding hydrogens is 382 g/mol. The Hall–Kier alpha value is -2.58. The molecule has 2 aromatic rings. The number of hydrogen-bond acceptors (Lipinski definition) is 6. The minimum Gasteiger partial charge on any atom is -0.302 e. The van der Waals surface area contributed by atoms with Gasteiger partial charge in [0.05, 0.1) is 32.7 Å². The molecular formula is C19H15N3O3S2. The number of aromatic nitrogens is 1. The maximum atomic E-state index is 13.1. The van der Waals surface area contributed by atoms with Crippen LogP contribution in [0.15, 0.2) is 76.8 Å². The van der Waals surface area contributed by atoms with Crippen molar-refractivity contribution in [1.29, 1.82) is 0 Å². The van der Waals surface area contributed by atoms with Crippen molar-refractivity contribution < 1.29 is 9.72 Å². The highest BCUT2D eigenvalue weighted by Crippen LogP contribution is 2.43. The van der Waals surface area contributed by atoms with Crippen molar-refractivity contribution in [1.82, 2.24) is 4.98 Å². The number of nitro groups is 1. The summed E-state index contributed by atoms with van der Waals surface area (Å²) >= 11 is 3.05. The molecule has 2 atom stereocenters. The first-order valence-electron chi connectivity index (χ1n) is 8.29. The number of fused-ring (bicyclic) bond motifs is 2. The van der Waals surface area contributed by atoms with E-state index in [1.54, 1.807) is 17.8 Å². The average Bonchev–Trinajstić information content (AvgIpc) is 2.70. The number of para-hydroxylation sites is 1. The number of nitrogens with zero attached hydrogens (tertiary/aromatic N) is 3. The SMILES string of the molecule is O=C(CSc1ccc([N+](=O)[O-])cn1)N1c2ccccc2S[C@H]2C=CC=C[C@H]21. The first-order valence-corrected chi connectivity index (χ1v) is 10.2. The van der Waals surface area contributed by atoms with Crippen molar-refractivity contribution in [3.05, 3.63) is 77.0 Å². The summed E-state index contributed by atoms with van der Waals surface area (Å²) in [4.78, 5) is 30.3. The molecule has 1 aromatic heterocycles. The van der Waals surface area contributed by atoms with Crippen molar-refractivity contribution in [3.63, 3.8) is 0 Å². The number of allylic oxidation sites excluding steroid dienone is 2. The van der Waals surface area contributed by atoms with E-state index in [1.165, 1.54) is 24.0 Å².